The number of aryl methyl sites for hydroxylation is 1. The van der Waals surface area contributed by atoms with E-state index in [1.807, 2.05) is 13.0 Å². The third kappa shape index (κ3) is 2.54. The number of hydrogen-bond acceptors (Lipinski definition) is 3. The maximum absolute atomic E-state index is 5.91. The molecule has 2 rings (SSSR count). The van der Waals surface area contributed by atoms with Crippen molar-refractivity contribution in [2.45, 2.75) is 19.8 Å². The Morgan fingerprint density at radius 1 is 1.25 bits per heavy atom. The molecule has 0 aliphatic carbocycles. The highest BCUT2D eigenvalue weighted by atomic mass is 35.5. The zero-order chi connectivity index (χ0) is 11.5. The third-order valence-electron chi connectivity index (χ3n) is 2.17. The minimum absolute atomic E-state index is 0.536. The molecule has 16 heavy (non-hydrogen) atoms. The molecule has 0 aliphatic heterocycles. The lowest BCUT2D eigenvalue weighted by atomic mass is 10.1. The van der Waals surface area contributed by atoms with Gasteiger partial charge in [0.2, 0.25) is 5.89 Å². The average molecular weight is 257 g/mol. The largest absolute Gasteiger partial charge is 0.339 e. The first-order valence-corrected chi connectivity index (χ1v) is 5.70. The van der Waals surface area contributed by atoms with Crippen molar-refractivity contribution in [1.29, 1.82) is 0 Å². The normalized spacial score (nSPS) is 10.7. The SMILES string of the molecule is CCc1noc(Cc2ccc(Cl)c(Cl)c2)n1. The van der Waals surface area contributed by atoms with Crippen molar-refractivity contribution in [3.05, 3.63) is 45.5 Å². The number of hydrogen-bond donors (Lipinski definition) is 0. The lowest BCUT2D eigenvalue weighted by molar-refractivity contribution is 0.380. The van der Waals surface area contributed by atoms with E-state index in [1.165, 1.54) is 0 Å². The highest BCUT2D eigenvalue weighted by Gasteiger charge is 2.07. The highest BCUT2D eigenvalue weighted by molar-refractivity contribution is 6.42. The number of rotatable bonds is 3. The molecule has 0 unspecified atom stereocenters. The molecule has 0 saturated carbocycles. The first-order valence-electron chi connectivity index (χ1n) is 4.94. The Hall–Kier alpha value is -1.06. The van der Waals surface area contributed by atoms with E-state index in [2.05, 4.69) is 10.1 Å². The molecule has 84 valence electrons. The van der Waals surface area contributed by atoms with Crippen molar-refractivity contribution in [3.63, 3.8) is 0 Å². The van der Waals surface area contributed by atoms with Crippen molar-refractivity contribution in [2.24, 2.45) is 0 Å². The van der Waals surface area contributed by atoms with Gasteiger partial charge in [0.05, 0.1) is 16.5 Å². The quantitative estimate of drug-likeness (QED) is 0.844. The summed E-state index contributed by atoms with van der Waals surface area (Å²) in [4.78, 5) is 4.22. The minimum atomic E-state index is 0.536. The van der Waals surface area contributed by atoms with Gasteiger partial charge in [-0.3, -0.25) is 0 Å². The standard InChI is InChI=1S/C11H10Cl2N2O/c1-2-10-14-11(16-15-10)6-7-3-4-8(12)9(13)5-7/h3-5H,2,6H2,1H3. The van der Waals surface area contributed by atoms with Gasteiger partial charge in [-0.05, 0) is 17.7 Å². The van der Waals surface area contributed by atoms with Crippen molar-refractivity contribution in [2.75, 3.05) is 0 Å². The van der Waals surface area contributed by atoms with Crippen LogP contribution in [0.5, 0.6) is 0 Å². The zero-order valence-electron chi connectivity index (χ0n) is 8.70. The molecule has 0 amide bonds. The fourth-order valence-electron chi connectivity index (χ4n) is 1.33. The maximum atomic E-state index is 5.91. The highest BCUT2D eigenvalue weighted by Crippen LogP contribution is 2.23. The van der Waals surface area contributed by atoms with Gasteiger partial charge in [0.1, 0.15) is 0 Å². The minimum Gasteiger partial charge on any atom is -0.339 e. The molecule has 0 aliphatic rings. The molecule has 1 aromatic carbocycles. The molecule has 5 heteroatoms. The van der Waals surface area contributed by atoms with Crippen LogP contribution in [-0.4, -0.2) is 10.1 Å². The van der Waals surface area contributed by atoms with Gasteiger partial charge in [0.25, 0.3) is 0 Å². The van der Waals surface area contributed by atoms with E-state index in [1.54, 1.807) is 12.1 Å². The summed E-state index contributed by atoms with van der Waals surface area (Å²) in [6.45, 7) is 1.98. The van der Waals surface area contributed by atoms with Crippen LogP contribution >= 0.6 is 23.2 Å². The van der Waals surface area contributed by atoms with Crippen LogP contribution in [0.3, 0.4) is 0 Å². The number of benzene rings is 1. The molecule has 1 heterocycles. The van der Waals surface area contributed by atoms with Crippen molar-refractivity contribution < 1.29 is 4.52 Å². The lowest BCUT2D eigenvalue weighted by Gasteiger charge is -1.99. The summed E-state index contributed by atoms with van der Waals surface area (Å²) in [5, 5.41) is 4.91. The molecule has 3 nitrogen and oxygen atoms in total. The topological polar surface area (TPSA) is 38.9 Å². The van der Waals surface area contributed by atoms with Gasteiger partial charge in [-0.1, -0.05) is 41.3 Å². The first kappa shape index (κ1) is 11.4. The molecule has 0 bridgehead atoms. The lowest BCUT2D eigenvalue weighted by Crippen LogP contribution is -1.89. The summed E-state index contributed by atoms with van der Waals surface area (Å²) in [7, 11) is 0. The van der Waals surface area contributed by atoms with Crippen LogP contribution in [0.15, 0.2) is 22.7 Å². The van der Waals surface area contributed by atoms with Gasteiger partial charge >= 0.3 is 0 Å². The van der Waals surface area contributed by atoms with E-state index in [9.17, 15) is 0 Å². The molecular weight excluding hydrogens is 247 g/mol. The number of aromatic nitrogens is 2. The summed E-state index contributed by atoms with van der Waals surface area (Å²) in [6, 6.07) is 5.46. The predicted octanol–water partition coefficient (Wildman–Crippen LogP) is 3.53. The summed E-state index contributed by atoms with van der Waals surface area (Å²) in [6.07, 6.45) is 1.34. The molecule has 2 aromatic rings. The maximum Gasteiger partial charge on any atom is 0.231 e. The van der Waals surface area contributed by atoms with Crippen LogP contribution in [0.2, 0.25) is 10.0 Å². The van der Waals surface area contributed by atoms with E-state index in [0.717, 1.165) is 17.8 Å². The Morgan fingerprint density at radius 3 is 2.69 bits per heavy atom. The molecule has 0 fully saturated rings. The monoisotopic (exact) mass is 256 g/mol. The molecule has 0 atom stereocenters. The van der Waals surface area contributed by atoms with Crippen molar-refractivity contribution in [3.8, 4) is 0 Å². The van der Waals surface area contributed by atoms with E-state index in [0.29, 0.717) is 22.4 Å². The third-order valence-corrected chi connectivity index (χ3v) is 2.90. The van der Waals surface area contributed by atoms with Crippen LogP contribution in [0.4, 0.5) is 0 Å². The fraction of sp³-hybridized carbons (Fsp3) is 0.273. The second-order valence-electron chi connectivity index (χ2n) is 3.38. The van der Waals surface area contributed by atoms with Gasteiger partial charge in [-0.15, -0.1) is 0 Å². The fourth-order valence-corrected chi connectivity index (χ4v) is 1.65. The second kappa shape index (κ2) is 4.85. The van der Waals surface area contributed by atoms with E-state index in [-0.39, 0.29) is 0 Å². The molecule has 0 radical (unpaired) electrons. The van der Waals surface area contributed by atoms with Gasteiger partial charge < -0.3 is 4.52 Å². The van der Waals surface area contributed by atoms with Gasteiger partial charge in [0, 0.05) is 6.42 Å². The Morgan fingerprint density at radius 2 is 2.06 bits per heavy atom. The smallest absolute Gasteiger partial charge is 0.231 e. The van der Waals surface area contributed by atoms with Crippen molar-refractivity contribution >= 4 is 23.2 Å². The van der Waals surface area contributed by atoms with Gasteiger partial charge in [0.15, 0.2) is 5.82 Å². The molecule has 0 saturated heterocycles. The van der Waals surface area contributed by atoms with Gasteiger partial charge in [-0.25, -0.2) is 0 Å². The van der Waals surface area contributed by atoms with Crippen LogP contribution in [0.25, 0.3) is 0 Å². The van der Waals surface area contributed by atoms with Gasteiger partial charge in [-0.2, -0.15) is 4.98 Å². The Bertz CT molecular complexity index is 496. The number of nitrogens with zero attached hydrogens (tertiary/aromatic N) is 2. The van der Waals surface area contributed by atoms with E-state index >= 15 is 0 Å². The summed E-state index contributed by atoms with van der Waals surface area (Å²) in [5.74, 6) is 1.31. The van der Waals surface area contributed by atoms with E-state index < -0.39 is 0 Å². The van der Waals surface area contributed by atoms with Crippen LogP contribution < -0.4 is 0 Å². The zero-order valence-corrected chi connectivity index (χ0v) is 10.2. The predicted molar refractivity (Wildman–Crippen MR) is 62.9 cm³/mol. The number of halogens is 2. The Kier molecular flexibility index (Phi) is 3.46. The second-order valence-corrected chi connectivity index (χ2v) is 4.20. The molecule has 1 aromatic heterocycles. The van der Waals surface area contributed by atoms with E-state index in [4.69, 9.17) is 27.7 Å². The van der Waals surface area contributed by atoms with Crippen LogP contribution in [-0.2, 0) is 12.8 Å². The molecule has 0 N–H and O–H groups in total. The Balaban J connectivity index is 2.17. The van der Waals surface area contributed by atoms with Crippen LogP contribution in [0, 0.1) is 0 Å². The average Bonchev–Trinajstić information content (AvgIpc) is 2.71. The molecular formula is C11H10Cl2N2O. The molecule has 0 spiro atoms. The van der Waals surface area contributed by atoms with Crippen LogP contribution in [0.1, 0.15) is 24.2 Å². The first-order chi connectivity index (χ1) is 7.69. The Labute approximate surface area is 103 Å². The summed E-state index contributed by atoms with van der Waals surface area (Å²) >= 11 is 11.7. The summed E-state index contributed by atoms with van der Waals surface area (Å²) < 4.78 is 5.09. The summed E-state index contributed by atoms with van der Waals surface area (Å²) in [5.41, 5.74) is 1.00. The van der Waals surface area contributed by atoms with Crippen molar-refractivity contribution in [1.82, 2.24) is 10.1 Å².